The van der Waals surface area contributed by atoms with E-state index in [1.54, 1.807) is 0 Å². The lowest BCUT2D eigenvalue weighted by Crippen LogP contribution is -2.32. The van der Waals surface area contributed by atoms with Gasteiger partial charge in [-0.15, -0.1) is 0 Å². The van der Waals surface area contributed by atoms with Gasteiger partial charge in [0.05, 0.1) is 0 Å². The molecule has 0 spiro atoms. The van der Waals surface area contributed by atoms with Gasteiger partial charge in [0.2, 0.25) is 0 Å². The summed E-state index contributed by atoms with van der Waals surface area (Å²) < 4.78 is 2.44. The Labute approximate surface area is 115 Å². The highest BCUT2D eigenvalue weighted by molar-refractivity contribution is 5.83. The lowest BCUT2D eigenvalue weighted by Gasteiger charge is -2.29. The predicted molar refractivity (Wildman–Crippen MR) is 82.3 cm³/mol. The third kappa shape index (κ3) is 2.45. The lowest BCUT2D eigenvalue weighted by atomic mass is 9.97. The van der Waals surface area contributed by atoms with E-state index in [0.717, 1.165) is 12.5 Å². The fourth-order valence-electron chi connectivity index (χ4n) is 3.11. The molecule has 2 aromatic rings. The number of likely N-dealkylation sites (tertiary alicyclic amines) is 1. The number of nitrogens with zero attached hydrogens (tertiary/aromatic N) is 2. The van der Waals surface area contributed by atoms with E-state index in [1.807, 2.05) is 6.08 Å². The third-order valence-corrected chi connectivity index (χ3v) is 4.33. The molecule has 2 heterocycles. The predicted octanol–water partition coefficient (Wildman–Crippen LogP) is 3.63. The first kappa shape index (κ1) is 12.5. The molecule has 0 amide bonds. The normalized spacial score (nSPS) is 17.9. The highest BCUT2D eigenvalue weighted by atomic mass is 15.1. The molecule has 1 aliphatic heterocycles. The Kier molecular flexibility index (Phi) is 3.43. The summed E-state index contributed by atoms with van der Waals surface area (Å²) in [7, 11) is 2.22. The molecule has 100 valence electrons. The molecular weight excluding hydrogens is 232 g/mol. The Morgan fingerprint density at radius 1 is 1.26 bits per heavy atom. The minimum Gasteiger partial charge on any atom is -0.341 e. The number of fused-ring (bicyclic) bond motifs is 1. The van der Waals surface area contributed by atoms with Crippen molar-refractivity contribution in [1.82, 2.24) is 9.47 Å². The Morgan fingerprint density at radius 2 is 2.00 bits per heavy atom. The Hall–Kier alpha value is -1.54. The zero-order chi connectivity index (χ0) is 13.2. The molecule has 0 aliphatic carbocycles. The van der Waals surface area contributed by atoms with E-state index in [1.165, 1.54) is 42.5 Å². The van der Waals surface area contributed by atoms with Crippen molar-refractivity contribution in [3.05, 3.63) is 42.6 Å². The van der Waals surface area contributed by atoms with Crippen LogP contribution >= 0.6 is 0 Å². The summed E-state index contributed by atoms with van der Waals surface area (Å²) in [5.74, 6) is 0.797. The van der Waals surface area contributed by atoms with Gasteiger partial charge in [-0.1, -0.05) is 24.8 Å². The summed E-state index contributed by atoms with van der Waals surface area (Å²) in [5.41, 5.74) is 2.59. The first-order valence-electron chi connectivity index (χ1n) is 7.17. The van der Waals surface area contributed by atoms with E-state index in [4.69, 9.17) is 0 Å². The lowest BCUT2D eigenvalue weighted by molar-refractivity contribution is 0.206. The highest BCUT2D eigenvalue weighted by Gasteiger charge is 2.18. The molecule has 1 aromatic carbocycles. The van der Waals surface area contributed by atoms with E-state index in [9.17, 15) is 0 Å². The molecule has 0 atom stereocenters. The quantitative estimate of drug-likeness (QED) is 0.812. The monoisotopic (exact) mass is 254 g/mol. The van der Waals surface area contributed by atoms with E-state index < -0.39 is 0 Å². The van der Waals surface area contributed by atoms with Crippen molar-refractivity contribution in [3.63, 3.8) is 0 Å². The molecule has 3 rings (SSSR count). The van der Waals surface area contributed by atoms with Crippen molar-refractivity contribution >= 4 is 17.0 Å². The number of hydrogen-bond donors (Lipinski definition) is 0. The van der Waals surface area contributed by atoms with Gasteiger partial charge in [0.15, 0.2) is 0 Å². The number of rotatable bonds is 3. The first-order chi connectivity index (χ1) is 9.28. The van der Waals surface area contributed by atoms with Crippen LogP contribution in [-0.4, -0.2) is 29.6 Å². The molecule has 0 N–H and O–H groups in total. The van der Waals surface area contributed by atoms with Crippen LogP contribution in [0.5, 0.6) is 0 Å². The van der Waals surface area contributed by atoms with Crippen LogP contribution in [0.4, 0.5) is 0 Å². The van der Waals surface area contributed by atoms with Gasteiger partial charge in [0.1, 0.15) is 0 Å². The SMILES string of the molecule is C=Cc1cc2ccccc2n1CC1CCN(C)CC1. The number of benzene rings is 1. The van der Waals surface area contributed by atoms with Crippen LogP contribution in [0.15, 0.2) is 36.9 Å². The van der Waals surface area contributed by atoms with Crippen molar-refractivity contribution in [2.75, 3.05) is 20.1 Å². The molecule has 2 nitrogen and oxygen atoms in total. The third-order valence-electron chi connectivity index (χ3n) is 4.33. The van der Waals surface area contributed by atoms with Crippen LogP contribution in [0, 0.1) is 5.92 Å². The van der Waals surface area contributed by atoms with Crippen LogP contribution in [0.1, 0.15) is 18.5 Å². The van der Waals surface area contributed by atoms with E-state index in [-0.39, 0.29) is 0 Å². The Balaban J connectivity index is 1.89. The van der Waals surface area contributed by atoms with Gasteiger partial charge in [-0.05, 0) is 57.1 Å². The fraction of sp³-hybridized carbons (Fsp3) is 0.412. The number of aromatic nitrogens is 1. The second-order valence-electron chi connectivity index (χ2n) is 5.69. The Morgan fingerprint density at radius 3 is 2.74 bits per heavy atom. The highest BCUT2D eigenvalue weighted by Crippen LogP contribution is 2.25. The minimum atomic E-state index is 0.797. The second kappa shape index (κ2) is 5.22. The van der Waals surface area contributed by atoms with E-state index in [0.29, 0.717) is 0 Å². The Bertz CT molecular complexity index is 574. The summed E-state index contributed by atoms with van der Waals surface area (Å²) >= 11 is 0. The molecule has 0 unspecified atom stereocenters. The molecule has 0 bridgehead atoms. The molecule has 2 heteroatoms. The van der Waals surface area contributed by atoms with Crippen LogP contribution in [0.3, 0.4) is 0 Å². The van der Waals surface area contributed by atoms with Crippen LogP contribution in [-0.2, 0) is 6.54 Å². The zero-order valence-electron chi connectivity index (χ0n) is 11.7. The van der Waals surface area contributed by atoms with Gasteiger partial charge in [-0.3, -0.25) is 0 Å². The number of piperidine rings is 1. The minimum absolute atomic E-state index is 0.797. The van der Waals surface area contributed by atoms with Crippen molar-refractivity contribution in [3.8, 4) is 0 Å². The van der Waals surface area contributed by atoms with E-state index >= 15 is 0 Å². The van der Waals surface area contributed by atoms with Gasteiger partial charge in [0.25, 0.3) is 0 Å². The summed E-state index contributed by atoms with van der Waals surface area (Å²) in [5, 5.41) is 1.32. The van der Waals surface area contributed by atoms with Crippen LogP contribution in [0.2, 0.25) is 0 Å². The topological polar surface area (TPSA) is 8.17 Å². The standard InChI is InChI=1S/C17H22N2/c1-3-16-12-15-6-4-5-7-17(15)19(16)13-14-8-10-18(2)11-9-14/h3-7,12,14H,1,8-11,13H2,2H3. The molecule has 1 aromatic heterocycles. The molecule has 0 radical (unpaired) electrons. The molecule has 1 aliphatic rings. The summed E-state index contributed by atoms with van der Waals surface area (Å²) in [6.45, 7) is 7.55. The average molecular weight is 254 g/mol. The molecular formula is C17H22N2. The smallest absolute Gasteiger partial charge is 0.0485 e. The largest absolute Gasteiger partial charge is 0.341 e. The zero-order valence-corrected chi connectivity index (χ0v) is 11.7. The van der Waals surface area contributed by atoms with Gasteiger partial charge >= 0.3 is 0 Å². The van der Waals surface area contributed by atoms with Gasteiger partial charge in [-0.2, -0.15) is 0 Å². The summed E-state index contributed by atoms with van der Waals surface area (Å²) in [6.07, 6.45) is 4.59. The average Bonchev–Trinajstić information content (AvgIpc) is 2.79. The van der Waals surface area contributed by atoms with Crippen LogP contribution < -0.4 is 0 Å². The molecule has 1 saturated heterocycles. The summed E-state index contributed by atoms with van der Waals surface area (Å²) in [4.78, 5) is 2.43. The molecule has 0 saturated carbocycles. The maximum atomic E-state index is 3.96. The van der Waals surface area contributed by atoms with Gasteiger partial charge < -0.3 is 9.47 Å². The maximum Gasteiger partial charge on any atom is 0.0485 e. The molecule has 1 fully saturated rings. The van der Waals surface area contributed by atoms with Gasteiger partial charge in [0, 0.05) is 23.1 Å². The van der Waals surface area contributed by atoms with Crippen molar-refractivity contribution < 1.29 is 0 Å². The van der Waals surface area contributed by atoms with E-state index in [2.05, 4.69) is 53.4 Å². The van der Waals surface area contributed by atoms with Crippen molar-refractivity contribution in [2.45, 2.75) is 19.4 Å². The summed E-state index contributed by atoms with van der Waals surface area (Å²) in [6, 6.07) is 10.9. The first-order valence-corrected chi connectivity index (χ1v) is 7.17. The van der Waals surface area contributed by atoms with Crippen molar-refractivity contribution in [2.24, 2.45) is 5.92 Å². The fourth-order valence-corrected chi connectivity index (χ4v) is 3.11. The molecule has 19 heavy (non-hydrogen) atoms. The number of para-hydroxylation sites is 1. The second-order valence-corrected chi connectivity index (χ2v) is 5.69. The van der Waals surface area contributed by atoms with Crippen molar-refractivity contribution in [1.29, 1.82) is 0 Å². The van der Waals surface area contributed by atoms with Crippen LogP contribution in [0.25, 0.3) is 17.0 Å². The maximum absolute atomic E-state index is 3.96. The van der Waals surface area contributed by atoms with Gasteiger partial charge in [-0.25, -0.2) is 0 Å². The number of hydrogen-bond acceptors (Lipinski definition) is 1.